The molecule has 11 heteroatoms. The van der Waals surface area contributed by atoms with Crippen molar-refractivity contribution < 1.29 is 32.9 Å². The minimum atomic E-state index is -4.58. The highest BCUT2D eigenvalue weighted by molar-refractivity contribution is 5.94. The normalized spacial score (nSPS) is 11.6. The van der Waals surface area contributed by atoms with E-state index in [9.17, 15) is 28.2 Å². The van der Waals surface area contributed by atoms with Gasteiger partial charge in [0.05, 0.1) is 28.8 Å². The van der Waals surface area contributed by atoms with Crippen molar-refractivity contribution in [3.63, 3.8) is 0 Å². The first-order valence-electron chi connectivity index (χ1n) is 9.32. The van der Waals surface area contributed by atoms with Crippen LogP contribution in [0.2, 0.25) is 0 Å². The van der Waals surface area contributed by atoms with Crippen molar-refractivity contribution in [3.8, 4) is 34.5 Å². The smallest absolute Gasteiger partial charge is 0.416 e. The predicted octanol–water partition coefficient (Wildman–Crippen LogP) is 4.29. The molecule has 0 aliphatic carbocycles. The number of alkyl halides is 3. The van der Waals surface area contributed by atoms with Gasteiger partial charge in [-0.25, -0.2) is 14.8 Å². The number of fused-ring (bicyclic) bond motifs is 1. The second-order valence-corrected chi connectivity index (χ2v) is 6.68. The first-order chi connectivity index (χ1) is 15.2. The van der Waals surface area contributed by atoms with Crippen LogP contribution in [0.1, 0.15) is 22.8 Å². The van der Waals surface area contributed by atoms with E-state index in [-0.39, 0.29) is 35.1 Å². The number of carbonyl (C=O) groups excluding carboxylic acids is 1. The van der Waals surface area contributed by atoms with Gasteiger partial charge in [-0.15, -0.1) is 0 Å². The van der Waals surface area contributed by atoms with Crippen molar-refractivity contribution in [1.29, 1.82) is 0 Å². The number of H-pyrrole nitrogens is 1. The van der Waals surface area contributed by atoms with Crippen molar-refractivity contribution in [3.05, 3.63) is 53.6 Å². The van der Waals surface area contributed by atoms with E-state index in [2.05, 4.69) is 19.9 Å². The third-order valence-corrected chi connectivity index (χ3v) is 4.53. The molecule has 0 saturated carbocycles. The van der Waals surface area contributed by atoms with Crippen molar-refractivity contribution in [2.45, 2.75) is 13.1 Å². The number of hydrogen-bond donors (Lipinski definition) is 3. The predicted molar refractivity (Wildman–Crippen MR) is 107 cm³/mol. The molecule has 4 rings (SSSR count). The van der Waals surface area contributed by atoms with Crippen LogP contribution in [0.4, 0.5) is 13.2 Å². The lowest BCUT2D eigenvalue weighted by atomic mass is 10.1. The number of benzene rings is 2. The largest absolute Gasteiger partial charge is 0.502 e. The summed E-state index contributed by atoms with van der Waals surface area (Å²) in [4.78, 5) is 26.9. The summed E-state index contributed by atoms with van der Waals surface area (Å²) in [6.45, 7) is 1.88. The van der Waals surface area contributed by atoms with Crippen molar-refractivity contribution in [2.75, 3.05) is 6.61 Å². The molecule has 0 aliphatic heterocycles. The number of imidazole rings is 1. The first kappa shape index (κ1) is 21.1. The summed E-state index contributed by atoms with van der Waals surface area (Å²) in [6.07, 6.45) is -4.58. The molecule has 0 fully saturated rings. The molecule has 0 amide bonds. The highest BCUT2D eigenvalue weighted by atomic mass is 19.4. The fraction of sp³-hybridized carbons (Fsp3) is 0.143. The van der Waals surface area contributed by atoms with Gasteiger partial charge < -0.3 is 19.9 Å². The number of ether oxygens (including phenoxy) is 1. The number of aromatic nitrogens is 4. The number of esters is 1. The number of nitrogens with one attached hydrogen (secondary N) is 1. The van der Waals surface area contributed by atoms with Gasteiger partial charge in [-0.1, -0.05) is 12.1 Å². The molecule has 2 heterocycles. The molecule has 32 heavy (non-hydrogen) atoms. The van der Waals surface area contributed by atoms with Crippen molar-refractivity contribution in [1.82, 2.24) is 19.9 Å². The number of nitrogens with zero attached hydrogens (tertiary/aromatic N) is 3. The van der Waals surface area contributed by atoms with Gasteiger partial charge in [0.15, 0.2) is 17.3 Å². The Morgan fingerprint density at radius 3 is 2.59 bits per heavy atom. The molecule has 8 nitrogen and oxygen atoms in total. The molecule has 0 spiro atoms. The standard InChI is InChI=1S/C21H15F3N4O4/c1-2-32-20(31)11-6-7-13-14(9-11)26-18(25-13)15-16(29)19(30)28-17(27-15)10-4-3-5-12(8-10)21(22,23)24/h3-9,29H,2H2,1H3,(H,25,26)(H,27,28,30). The Morgan fingerprint density at radius 1 is 1.09 bits per heavy atom. The summed E-state index contributed by atoms with van der Waals surface area (Å²) in [7, 11) is 0. The Morgan fingerprint density at radius 2 is 1.88 bits per heavy atom. The minimum absolute atomic E-state index is 0.0166. The summed E-state index contributed by atoms with van der Waals surface area (Å²) in [6, 6.07) is 8.82. The van der Waals surface area contributed by atoms with Gasteiger partial charge in [0, 0.05) is 5.56 Å². The first-order valence-corrected chi connectivity index (χ1v) is 9.32. The Bertz CT molecular complexity index is 1330. The summed E-state index contributed by atoms with van der Waals surface area (Å²) >= 11 is 0. The maximum absolute atomic E-state index is 13.0. The highest BCUT2D eigenvalue weighted by Gasteiger charge is 2.31. The van der Waals surface area contributed by atoms with Crippen LogP contribution in [0.5, 0.6) is 11.6 Å². The molecule has 0 bridgehead atoms. The van der Waals surface area contributed by atoms with Crippen molar-refractivity contribution in [2.24, 2.45) is 0 Å². The molecule has 0 atom stereocenters. The van der Waals surface area contributed by atoms with E-state index in [1.54, 1.807) is 13.0 Å². The third-order valence-electron chi connectivity index (χ3n) is 4.53. The highest BCUT2D eigenvalue weighted by Crippen LogP contribution is 2.36. The third kappa shape index (κ3) is 3.92. The van der Waals surface area contributed by atoms with E-state index in [1.165, 1.54) is 24.3 Å². The van der Waals surface area contributed by atoms with Gasteiger partial charge in [0.25, 0.3) is 5.88 Å². The molecule has 164 valence electrons. The Balaban J connectivity index is 1.80. The fourth-order valence-electron chi connectivity index (χ4n) is 3.03. The van der Waals surface area contributed by atoms with Crippen LogP contribution in [-0.4, -0.2) is 42.7 Å². The van der Waals surface area contributed by atoms with Crippen LogP contribution >= 0.6 is 0 Å². The summed E-state index contributed by atoms with van der Waals surface area (Å²) in [5.41, 5.74) is -0.0505. The van der Waals surface area contributed by atoms with E-state index in [1.807, 2.05) is 0 Å². The number of halogens is 3. The molecule has 3 N–H and O–H groups in total. The zero-order valence-electron chi connectivity index (χ0n) is 16.4. The monoisotopic (exact) mass is 444 g/mol. The number of rotatable bonds is 4. The van der Waals surface area contributed by atoms with Crippen LogP contribution in [0.3, 0.4) is 0 Å². The average molecular weight is 444 g/mol. The van der Waals surface area contributed by atoms with Gasteiger partial charge in [-0.3, -0.25) is 0 Å². The fourth-order valence-corrected chi connectivity index (χ4v) is 3.03. The summed E-state index contributed by atoms with van der Waals surface area (Å²) in [5, 5.41) is 20.3. The minimum Gasteiger partial charge on any atom is -0.502 e. The number of carbonyl (C=O) groups is 1. The maximum Gasteiger partial charge on any atom is 0.416 e. The van der Waals surface area contributed by atoms with Crippen LogP contribution in [0, 0.1) is 0 Å². The zero-order valence-corrected chi connectivity index (χ0v) is 16.4. The molecule has 0 radical (unpaired) electrons. The van der Waals surface area contributed by atoms with E-state index in [4.69, 9.17) is 4.74 Å². The van der Waals surface area contributed by atoms with E-state index in [0.717, 1.165) is 12.1 Å². The molecule has 2 aromatic carbocycles. The topological polar surface area (TPSA) is 121 Å². The zero-order chi connectivity index (χ0) is 23.0. The Kier molecular flexibility index (Phi) is 5.17. The number of hydrogen-bond acceptors (Lipinski definition) is 7. The molecule has 0 unspecified atom stereocenters. The Labute approximate surface area is 178 Å². The molecule has 2 aromatic heterocycles. The van der Waals surface area contributed by atoms with Gasteiger partial charge in [0.1, 0.15) is 0 Å². The van der Waals surface area contributed by atoms with Gasteiger partial charge in [-0.2, -0.15) is 18.2 Å². The lowest BCUT2D eigenvalue weighted by Gasteiger charge is -2.09. The Hall–Kier alpha value is -4.15. The lowest BCUT2D eigenvalue weighted by Crippen LogP contribution is -2.05. The lowest BCUT2D eigenvalue weighted by molar-refractivity contribution is -0.137. The molecule has 0 aliphatic rings. The van der Waals surface area contributed by atoms with Gasteiger partial charge in [0.2, 0.25) is 5.75 Å². The number of aromatic amines is 1. The van der Waals surface area contributed by atoms with Crippen LogP contribution in [0.15, 0.2) is 42.5 Å². The summed E-state index contributed by atoms with van der Waals surface area (Å²) < 4.78 is 44.1. The second kappa shape index (κ2) is 7.84. The maximum atomic E-state index is 13.0. The average Bonchev–Trinajstić information content (AvgIpc) is 3.18. The molecule has 4 aromatic rings. The number of aromatic hydroxyl groups is 2. The van der Waals surface area contributed by atoms with Crippen LogP contribution in [-0.2, 0) is 10.9 Å². The molecule has 0 saturated heterocycles. The second-order valence-electron chi connectivity index (χ2n) is 6.68. The van der Waals surface area contributed by atoms with Crippen molar-refractivity contribution >= 4 is 17.0 Å². The van der Waals surface area contributed by atoms with Crippen LogP contribution < -0.4 is 0 Å². The quantitative estimate of drug-likeness (QED) is 0.402. The van der Waals surface area contributed by atoms with E-state index >= 15 is 0 Å². The SMILES string of the molecule is CCOC(=O)c1ccc2[nH]c(-c3nc(-c4cccc(C(F)(F)F)c4)nc(O)c3O)nc2c1. The van der Waals surface area contributed by atoms with Gasteiger partial charge in [-0.05, 0) is 37.3 Å². The summed E-state index contributed by atoms with van der Waals surface area (Å²) in [5.74, 6) is -2.28. The molecular formula is C21H15F3N4O4. The van der Waals surface area contributed by atoms with Gasteiger partial charge >= 0.3 is 12.1 Å². The van der Waals surface area contributed by atoms with E-state index < -0.39 is 29.3 Å². The van der Waals surface area contributed by atoms with Crippen LogP contribution in [0.25, 0.3) is 33.9 Å². The van der Waals surface area contributed by atoms with E-state index in [0.29, 0.717) is 11.0 Å². The molecular weight excluding hydrogens is 429 g/mol.